The molecule has 2 amide bonds. The highest BCUT2D eigenvalue weighted by molar-refractivity contribution is 9.10. The average Bonchev–Trinajstić information content (AvgIpc) is 2.98. The quantitative estimate of drug-likeness (QED) is 0.479. The maximum absolute atomic E-state index is 13.0. The summed E-state index contributed by atoms with van der Waals surface area (Å²) in [7, 11) is 0. The van der Waals surface area contributed by atoms with Gasteiger partial charge in [-0.3, -0.25) is 0 Å². The summed E-state index contributed by atoms with van der Waals surface area (Å²) in [4.78, 5) is 32.0. The van der Waals surface area contributed by atoms with E-state index in [1.54, 1.807) is 41.5 Å². The molecule has 31 heavy (non-hydrogen) atoms. The van der Waals surface area contributed by atoms with Crippen LogP contribution in [0.2, 0.25) is 0 Å². The fourth-order valence-electron chi connectivity index (χ4n) is 3.40. The summed E-state index contributed by atoms with van der Waals surface area (Å²) in [5.41, 5.74) is -1.16. The first-order valence-corrected chi connectivity index (χ1v) is 11.8. The number of carbonyl (C=O) groups is 2. The van der Waals surface area contributed by atoms with Crippen LogP contribution >= 0.6 is 27.7 Å². The lowest BCUT2D eigenvalue weighted by Crippen LogP contribution is -2.45. The SMILES string of the molecule is CC(C)(C)OC(=O)N(C(=O)OC(C)(C)C)C1=NC2(c3cccc(Br)c3)CCOCC2S1. The number of nitrogens with zero attached hydrogens (tertiary/aromatic N) is 2. The van der Waals surface area contributed by atoms with Gasteiger partial charge in [0.15, 0.2) is 5.17 Å². The Hall–Kier alpha value is -1.58. The van der Waals surface area contributed by atoms with E-state index in [1.165, 1.54) is 11.8 Å². The molecule has 0 radical (unpaired) electrons. The van der Waals surface area contributed by atoms with Crippen LogP contribution in [0.3, 0.4) is 0 Å². The van der Waals surface area contributed by atoms with Gasteiger partial charge >= 0.3 is 12.2 Å². The van der Waals surface area contributed by atoms with E-state index in [-0.39, 0.29) is 10.4 Å². The van der Waals surface area contributed by atoms with Gasteiger partial charge in [-0.1, -0.05) is 39.8 Å². The van der Waals surface area contributed by atoms with E-state index in [2.05, 4.69) is 15.9 Å². The number of benzene rings is 1. The monoisotopic (exact) mass is 512 g/mol. The molecule has 3 rings (SSSR count). The third kappa shape index (κ3) is 5.62. The molecule has 7 nitrogen and oxygen atoms in total. The zero-order valence-corrected chi connectivity index (χ0v) is 21.1. The third-order valence-corrected chi connectivity index (χ3v) is 6.43. The molecule has 0 spiro atoms. The summed E-state index contributed by atoms with van der Waals surface area (Å²) in [6, 6.07) is 7.95. The van der Waals surface area contributed by atoms with Crippen LogP contribution in [0.15, 0.2) is 33.7 Å². The van der Waals surface area contributed by atoms with Crippen LogP contribution in [-0.2, 0) is 19.7 Å². The van der Waals surface area contributed by atoms with E-state index in [1.807, 2.05) is 24.3 Å². The normalized spacial score (nSPS) is 23.6. The van der Waals surface area contributed by atoms with Crippen LogP contribution in [0, 0.1) is 0 Å². The molecule has 1 aromatic carbocycles. The predicted molar refractivity (Wildman–Crippen MR) is 124 cm³/mol. The van der Waals surface area contributed by atoms with Crippen LogP contribution in [0.1, 0.15) is 53.5 Å². The van der Waals surface area contributed by atoms with Crippen molar-refractivity contribution in [3.63, 3.8) is 0 Å². The minimum Gasteiger partial charge on any atom is -0.443 e. The predicted octanol–water partition coefficient (Wildman–Crippen LogP) is 5.71. The second-order valence-corrected chi connectivity index (χ2v) is 11.6. The summed E-state index contributed by atoms with van der Waals surface area (Å²) in [5.74, 6) is 0. The van der Waals surface area contributed by atoms with Crippen molar-refractivity contribution in [2.45, 2.75) is 70.0 Å². The number of ether oxygens (including phenoxy) is 3. The van der Waals surface area contributed by atoms with Gasteiger partial charge in [0, 0.05) is 17.5 Å². The van der Waals surface area contributed by atoms with Crippen molar-refractivity contribution in [1.82, 2.24) is 4.90 Å². The summed E-state index contributed by atoms with van der Waals surface area (Å²) >= 11 is 4.88. The molecule has 0 aliphatic carbocycles. The second-order valence-electron chi connectivity index (χ2n) is 9.56. The first-order chi connectivity index (χ1) is 14.3. The lowest BCUT2D eigenvalue weighted by molar-refractivity contribution is 0.0151. The zero-order valence-electron chi connectivity index (χ0n) is 18.7. The molecule has 1 saturated heterocycles. The minimum absolute atomic E-state index is 0.0853. The molecular weight excluding hydrogens is 484 g/mol. The van der Waals surface area contributed by atoms with Gasteiger partial charge in [0.25, 0.3) is 0 Å². The van der Waals surface area contributed by atoms with Crippen molar-refractivity contribution >= 4 is 45.0 Å². The van der Waals surface area contributed by atoms with Crippen molar-refractivity contribution in [1.29, 1.82) is 0 Å². The highest BCUT2D eigenvalue weighted by Crippen LogP contribution is 2.49. The van der Waals surface area contributed by atoms with Crippen LogP contribution in [0.4, 0.5) is 9.59 Å². The van der Waals surface area contributed by atoms with Gasteiger partial charge < -0.3 is 14.2 Å². The van der Waals surface area contributed by atoms with Crippen molar-refractivity contribution in [2.75, 3.05) is 13.2 Å². The van der Waals surface area contributed by atoms with E-state index in [0.29, 0.717) is 19.6 Å². The number of aliphatic imine (C=N–C) groups is 1. The molecule has 1 aromatic rings. The molecular formula is C22H29BrN2O5S. The molecule has 2 heterocycles. The van der Waals surface area contributed by atoms with Crippen molar-refractivity contribution in [3.8, 4) is 0 Å². The van der Waals surface area contributed by atoms with Crippen LogP contribution in [0.5, 0.6) is 0 Å². The lowest BCUT2D eigenvalue weighted by Gasteiger charge is -2.36. The number of carbonyl (C=O) groups excluding carboxylic acids is 2. The topological polar surface area (TPSA) is 77.4 Å². The molecule has 0 aromatic heterocycles. The first-order valence-electron chi connectivity index (χ1n) is 10.2. The van der Waals surface area contributed by atoms with Gasteiger partial charge in [-0.05, 0) is 59.2 Å². The van der Waals surface area contributed by atoms with E-state index in [9.17, 15) is 9.59 Å². The number of halogens is 1. The van der Waals surface area contributed by atoms with Gasteiger partial charge in [-0.25, -0.2) is 14.6 Å². The molecule has 170 valence electrons. The first kappa shape index (κ1) is 24.1. The number of fused-ring (bicyclic) bond motifs is 1. The summed E-state index contributed by atoms with van der Waals surface area (Å²) in [5, 5.41) is 0.178. The third-order valence-electron chi connectivity index (χ3n) is 4.64. The highest BCUT2D eigenvalue weighted by Gasteiger charge is 2.51. The summed E-state index contributed by atoms with van der Waals surface area (Å²) in [6.07, 6.45) is -0.977. The van der Waals surface area contributed by atoms with E-state index in [4.69, 9.17) is 19.2 Å². The Balaban J connectivity index is 2.04. The summed E-state index contributed by atoms with van der Waals surface area (Å²) in [6.45, 7) is 11.5. The Bertz CT molecular complexity index is 865. The van der Waals surface area contributed by atoms with Crippen LogP contribution < -0.4 is 0 Å². The molecule has 2 aliphatic rings. The number of imide groups is 1. The van der Waals surface area contributed by atoms with E-state index < -0.39 is 28.9 Å². The fraction of sp³-hybridized carbons (Fsp3) is 0.591. The van der Waals surface area contributed by atoms with Gasteiger partial charge in [-0.15, -0.1) is 0 Å². The fourth-order valence-corrected chi connectivity index (χ4v) is 5.19. The smallest absolute Gasteiger partial charge is 0.426 e. The molecule has 0 saturated carbocycles. The maximum atomic E-state index is 13.0. The number of rotatable bonds is 1. The van der Waals surface area contributed by atoms with Gasteiger partial charge in [0.2, 0.25) is 0 Å². The molecule has 2 aliphatic heterocycles. The van der Waals surface area contributed by atoms with Crippen LogP contribution in [-0.4, -0.2) is 51.9 Å². The number of thioether (sulfide) groups is 1. The Morgan fingerprint density at radius 1 is 1.16 bits per heavy atom. The Morgan fingerprint density at radius 2 is 1.77 bits per heavy atom. The lowest BCUT2D eigenvalue weighted by atomic mass is 9.83. The molecule has 0 N–H and O–H groups in total. The van der Waals surface area contributed by atoms with E-state index >= 15 is 0 Å². The molecule has 9 heteroatoms. The molecule has 2 unspecified atom stereocenters. The van der Waals surface area contributed by atoms with Gasteiger partial charge in [0.05, 0.1) is 11.9 Å². The number of hydrogen-bond donors (Lipinski definition) is 0. The number of hydrogen-bond acceptors (Lipinski definition) is 7. The molecule has 1 fully saturated rings. The average molecular weight is 513 g/mol. The largest absolute Gasteiger partial charge is 0.443 e. The number of amidine groups is 1. The van der Waals surface area contributed by atoms with Gasteiger partial charge in [-0.2, -0.15) is 4.90 Å². The Morgan fingerprint density at radius 3 is 2.32 bits per heavy atom. The standard InChI is InChI=1S/C22H29BrN2O5S/c1-20(2,3)29-18(26)25(19(27)30-21(4,5)6)17-24-22(10-11-28-13-16(22)31-17)14-8-7-9-15(23)12-14/h7-9,12,16H,10-11,13H2,1-6H3. The second kappa shape index (κ2) is 8.75. The van der Waals surface area contributed by atoms with Crippen molar-refractivity contribution in [2.24, 2.45) is 4.99 Å². The highest BCUT2D eigenvalue weighted by atomic mass is 79.9. The molecule has 0 bridgehead atoms. The zero-order chi connectivity index (χ0) is 23.0. The summed E-state index contributed by atoms with van der Waals surface area (Å²) < 4.78 is 17.7. The number of amides is 2. The maximum Gasteiger partial charge on any atom is 0.426 e. The Labute approximate surface area is 196 Å². The van der Waals surface area contributed by atoms with E-state index in [0.717, 1.165) is 14.9 Å². The van der Waals surface area contributed by atoms with Crippen molar-refractivity contribution < 1.29 is 23.8 Å². The van der Waals surface area contributed by atoms with Crippen LogP contribution in [0.25, 0.3) is 0 Å². The minimum atomic E-state index is -0.808. The van der Waals surface area contributed by atoms with Gasteiger partial charge in [0.1, 0.15) is 16.7 Å². The van der Waals surface area contributed by atoms with Crippen molar-refractivity contribution in [3.05, 3.63) is 34.3 Å². The Kier molecular flexibility index (Phi) is 6.79. The molecule has 2 atom stereocenters.